The van der Waals surface area contributed by atoms with Gasteiger partial charge in [-0.1, -0.05) is 49.1 Å². The minimum Gasteiger partial charge on any atom is -0.375 e. The van der Waals surface area contributed by atoms with Crippen LogP contribution in [0.4, 0.5) is 0 Å². The molecule has 2 heteroatoms. The molecule has 0 radical (unpaired) electrons. The normalized spacial score (nSPS) is 24.9. The van der Waals surface area contributed by atoms with Gasteiger partial charge in [0.25, 0.3) is 0 Å². The van der Waals surface area contributed by atoms with E-state index in [1.807, 2.05) is 6.07 Å². The summed E-state index contributed by atoms with van der Waals surface area (Å²) in [6.07, 6.45) is 8.61. The van der Waals surface area contributed by atoms with Gasteiger partial charge in [0, 0.05) is 18.9 Å². The highest BCUT2D eigenvalue weighted by Gasteiger charge is 2.40. The lowest BCUT2D eigenvalue weighted by atomic mass is 9.74. The SMILES string of the molecule is Cc1cccc(CC(=O)C2CCOC3(CCCCC3)C2)c1. The van der Waals surface area contributed by atoms with Crippen LogP contribution in [0, 0.1) is 12.8 Å². The lowest BCUT2D eigenvalue weighted by Crippen LogP contribution is -2.43. The van der Waals surface area contributed by atoms with Crippen LogP contribution in [-0.2, 0) is 16.0 Å². The van der Waals surface area contributed by atoms with Crippen molar-refractivity contribution < 1.29 is 9.53 Å². The lowest BCUT2D eigenvalue weighted by Gasteiger charge is -2.43. The Balaban J connectivity index is 1.64. The summed E-state index contributed by atoms with van der Waals surface area (Å²) in [5.41, 5.74) is 2.42. The van der Waals surface area contributed by atoms with Crippen molar-refractivity contribution in [2.24, 2.45) is 5.92 Å². The zero-order valence-electron chi connectivity index (χ0n) is 13.1. The molecule has 1 heterocycles. The number of hydrogen-bond acceptors (Lipinski definition) is 2. The molecule has 0 bridgehead atoms. The lowest BCUT2D eigenvalue weighted by molar-refractivity contribution is -0.142. The van der Waals surface area contributed by atoms with Gasteiger partial charge in [0.1, 0.15) is 5.78 Å². The van der Waals surface area contributed by atoms with Crippen LogP contribution < -0.4 is 0 Å². The van der Waals surface area contributed by atoms with Crippen molar-refractivity contribution in [2.75, 3.05) is 6.61 Å². The summed E-state index contributed by atoms with van der Waals surface area (Å²) in [6, 6.07) is 8.33. The van der Waals surface area contributed by atoms with Crippen LogP contribution in [0.1, 0.15) is 56.1 Å². The van der Waals surface area contributed by atoms with Gasteiger partial charge in [0.05, 0.1) is 5.60 Å². The van der Waals surface area contributed by atoms with Gasteiger partial charge in [0.2, 0.25) is 0 Å². The Morgan fingerprint density at radius 1 is 1.29 bits per heavy atom. The smallest absolute Gasteiger partial charge is 0.140 e. The maximum absolute atomic E-state index is 12.6. The zero-order valence-corrected chi connectivity index (χ0v) is 13.1. The van der Waals surface area contributed by atoms with E-state index < -0.39 is 0 Å². The monoisotopic (exact) mass is 286 g/mol. The van der Waals surface area contributed by atoms with E-state index in [1.54, 1.807) is 0 Å². The first kappa shape index (κ1) is 14.8. The summed E-state index contributed by atoms with van der Waals surface area (Å²) in [5.74, 6) is 0.617. The van der Waals surface area contributed by atoms with Crippen molar-refractivity contribution in [1.29, 1.82) is 0 Å². The van der Waals surface area contributed by atoms with Crippen LogP contribution in [0.3, 0.4) is 0 Å². The van der Waals surface area contributed by atoms with Crippen molar-refractivity contribution in [3.8, 4) is 0 Å². The highest BCUT2D eigenvalue weighted by molar-refractivity contribution is 5.83. The number of Topliss-reactive ketones (excluding diaryl/α,β-unsaturated/α-hetero) is 1. The van der Waals surface area contributed by atoms with Gasteiger partial charge >= 0.3 is 0 Å². The third-order valence-electron chi connectivity index (χ3n) is 5.17. The highest BCUT2D eigenvalue weighted by Crippen LogP contribution is 2.41. The van der Waals surface area contributed by atoms with Crippen molar-refractivity contribution in [3.63, 3.8) is 0 Å². The second-order valence-electron chi connectivity index (χ2n) is 6.91. The molecule has 3 rings (SSSR count). The Morgan fingerprint density at radius 3 is 2.86 bits per heavy atom. The maximum Gasteiger partial charge on any atom is 0.140 e. The number of carbonyl (C=O) groups is 1. The van der Waals surface area contributed by atoms with Gasteiger partial charge in [-0.25, -0.2) is 0 Å². The Labute approximate surface area is 127 Å². The number of ether oxygens (including phenoxy) is 1. The first-order valence-electron chi connectivity index (χ1n) is 8.39. The standard InChI is InChI=1S/C19H26O2/c1-15-6-5-7-16(12-15)13-18(20)17-8-11-21-19(14-17)9-3-2-4-10-19/h5-7,12,17H,2-4,8-11,13-14H2,1H3. The van der Waals surface area contributed by atoms with E-state index in [1.165, 1.54) is 24.8 Å². The van der Waals surface area contributed by atoms with Crippen LogP contribution >= 0.6 is 0 Å². The van der Waals surface area contributed by atoms with E-state index in [0.717, 1.165) is 37.9 Å². The van der Waals surface area contributed by atoms with Crippen molar-refractivity contribution in [2.45, 2.75) is 63.9 Å². The average molecular weight is 286 g/mol. The quantitative estimate of drug-likeness (QED) is 0.831. The molecule has 0 amide bonds. The van der Waals surface area contributed by atoms with Gasteiger partial charge in [-0.3, -0.25) is 4.79 Å². The van der Waals surface area contributed by atoms with Crippen LogP contribution in [0.5, 0.6) is 0 Å². The molecular weight excluding hydrogens is 260 g/mol. The Bertz CT molecular complexity index is 495. The second-order valence-corrected chi connectivity index (χ2v) is 6.91. The fourth-order valence-corrected chi connectivity index (χ4v) is 4.01. The highest BCUT2D eigenvalue weighted by atomic mass is 16.5. The number of aryl methyl sites for hydroxylation is 1. The molecule has 1 spiro atoms. The summed E-state index contributed by atoms with van der Waals surface area (Å²) in [7, 11) is 0. The number of benzene rings is 1. The summed E-state index contributed by atoms with van der Waals surface area (Å²) >= 11 is 0. The third kappa shape index (κ3) is 3.55. The van der Waals surface area contributed by atoms with Crippen molar-refractivity contribution in [3.05, 3.63) is 35.4 Å². The molecular formula is C19H26O2. The molecule has 1 aliphatic carbocycles. The largest absolute Gasteiger partial charge is 0.375 e. The molecule has 1 atom stereocenters. The minimum absolute atomic E-state index is 0.0312. The molecule has 1 unspecified atom stereocenters. The minimum atomic E-state index is 0.0312. The van der Waals surface area contributed by atoms with Crippen LogP contribution in [0.25, 0.3) is 0 Å². The average Bonchev–Trinajstić information content (AvgIpc) is 2.48. The fourth-order valence-electron chi connectivity index (χ4n) is 4.01. The molecule has 1 saturated carbocycles. The maximum atomic E-state index is 12.6. The molecule has 1 aliphatic heterocycles. The molecule has 2 nitrogen and oxygen atoms in total. The molecule has 2 fully saturated rings. The summed E-state index contributed by atoms with van der Waals surface area (Å²) in [5, 5.41) is 0. The molecule has 1 aromatic rings. The van der Waals surface area contributed by atoms with Crippen molar-refractivity contribution >= 4 is 5.78 Å². The molecule has 21 heavy (non-hydrogen) atoms. The van der Waals surface area contributed by atoms with Gasteiger partial charge in [0.15, 0.2) is 0 Å². The first-order valence-corrected chi connectivity index (χ1v) is 8.39. The number of ketones is 1. The van der Waals surface area contributed by atoms with E-state index in [0.29, 0.717) is 12.2 Å². The van der Waals surface area contributed by atoms with Gasteiger partial charge in [-0.15, -0.1) is 0 Å². The fraction of sp³-hybridized carbons (Fsp3) is 0.632. The zero-order chi connectivity index (χ0) is 14.7. The predicted molar refractivity (Wildman–Crippen MR) is 84.4 cm³/mol. The van der Waals surface area contributed by atoms with Crippen LogP contribution in [0.15, 0.2) is 24.3 Å². The summed E-state index contributed by atoms with van der Waals surface area (Å²) in [6.45, 7) is 2.85. The third-order valence-corrected chi connectivity index (χ3v) is 5.17. The van der Waals surface area contributed by atoms with Crippen LogP contribution in [0.2, 0.25) is 0 Å². The van der Waals surface area contributed by atoms with Gasteiger partial charge < -0.3 is 4.74 Å². The second kappa shape index (κ2) is 6.31. The van der Waals surface area contributed by atoms with Gasteiger partial charge in [-0.2, -0.15) is 0 Å². The molecule has 0 aromatic heterocycles. The van der Waals surface area contributed by atoms with E-state index in [4.69, 9.17) is 4.74 Å². The first-order chi connectivity index (χ1) is 10.2. The number of carbonyl (C=O) groups excluding carboxylic acids is 1. The Morgan fingerprint density at radius 2 is 2.10 bits per heavy atom. The van der Waals surface area contributed by atoms with E-state index >= 15 is 0 Å². The molecule has 1 saturated heterocycles. The summed E-state index contributed by atoms with van der Waals surface area (Å²) in [4.78, 5) is 12.6. The van der Waals surface area contributed by atoms with E-state index in [-0.39, 0.29) is 11.5 Å². The van der Waals surface area contributed by atoms with E-state index in [2.05, 4.69) is 25.1 Å². The van der Waals surface area contributed by atoms with Crippen LogP contribution in [-0.4, -0.2) is 18.0 Å². The Kier molecular flexibility index (Phi) is 4.44. The molecule has 0 N–H and O–H groups in total. The number of rotatable bonds is 3. The number of hydrogen-bond donors (Lipinski definition) is 0. The van der Waals surface area contributed by atoms with Crippen molar-refractivity contribution in [1.82, 2.24) is 0 Å². The molecule has 1 aromatic carbocycles. The molecule has 2 aliphatic rings. The Hall–Kier alpha value is -1.15. The topological polar surface area (TPSA) is 26.3 Å². The molecule has 114 valence electrons. The predicted octanol–water partition coefficient (Wildman–Crippen LogP) is 4.24. The van der Waals surface area contributed by atoms with E-state index in [9.17, 15) is 4.79 Å². The summed E-state index contributed by atoms with van der Waals surface area (Å²) < 4.78 is 6.10. The van der Waals surface area contributed by atoms with Gasteiger partial charge in [-0.05, 0) is 38.2 Å².